The summed E-state index contributed by atoms with van der Waals surface area (Å²) < 4.78 is 0. The van der Waals surface area contributed by atoms with Gasteiger partial charge in [0.2, 0.25) is 0 Å². The number of nitrogens with one attached hydrogen (secondary N) is 1. The fourth-order valence-corrected chi connectivity index (χ4v) is 2.63. The Balaban J connectivity index is 2.19. The summed E-state index contributed by atoms with van der Waals surface area (Å²) in [5, 5.41) is 14.2. The minimum Gasteiger partial charge on any atom is -0.384 e. The highest BCUT2D eigenvalue weighted by Crippen LogP contribution is 2.31. The van der Waals surface area contributed by atoms with E-state index in [-0.39, 0.29) is 6.04 Å². The Hall–Kier alpha value is -0.860. The number of benzene rings is 1. The lowest BCUT2D eigenvalue weighted by molar-refractivity contribution is -0.00141. The monoisotopic (exact) mass is 233 g/mol. The molecular weight excluding hydrogens is 210 g/mol. The van der Waals surface area contributed by atoms with Gasteiger partial charge in [-0.15, -0.1) is 0 Å². The van der Waals surface area contributed by atoms with E-state index >= 15 is 0 Å². The number of aliphatic hydroxyl groups is 1. The van der Waals surface area contributed by atoms with Gasteiger partial charge < -0.3 is 10.4 Å². The molecule has 0 aromatic heterocycles. The molecule has 0 spiro atoms. The molecular formula is C15H23NO. The third-order valence-corrected chi connectivity index (χ3v) is 3.98. The van der Waals surface area contributed by atoms with E-state index < -0.39 is 5.60 Å². The maximum Gasteiger partial charge on any atom is 0.102 e. The van der Waals surface area contributed by atoms with Gasteiger partial charge in [0, 0.05) is 6.04 Å². The smallest absolute Gasteiger partial charge is 0.102 e. The zero-order valence-corrected chi connectivity index (χ0v) is 11.0. The van der Waals surface area contributed by atoms with Crippen molar-refractivity contribution in [3.8, 4) is 0 Å². The van der Waals surface area contributed by atoms with Crippen molar-refractivity contribution in [1.82, 2.24) is 5.32 Å². The van der Waals surface area contributed by atoms with E-state index in [1.54, 1.807) is 0 Å². The molecule has 0 saturated carbocycles. The number of hydrogen-bond acceptors (Lipinski definition) is 2. The highest BCUT2D eigenvalue weighted by molar-refractivity contribution is 5.27. The minimum atomic E-state index is -0.775. The molecule has 3 unspecified atom stereocenters. The van der Waals surface area contributed by atoms with Crippen LogP contribution in [0.3, 0.4) is 0 Å². The van der Waals surface area contributed by atoms with E-state index in [2.05, 4.69) is 31.3 Å². The van der Waals surface area contributed by atoms with Crippen LogP contribution in [0.1, 0.15) is 37.8 Å². The molecule has 1 aliphatic rings. The molecule has 1 aromatic carbocycles. The Labute approximate surface area is 104 Å². The summed E-state index contributed by atoms with van der Waals surface area (Å²) in [5.41, 5.74) is 1.46. The van der Waals surface area contributed by atoms with Crippen LogP contribution in [0.2, 0.25) is 0 Å². The lowest BCUT2D eigenvalue weighted by atomic mass is 9.80. The largest absolute Gasteiger partial charge is 0.384 e. The molecule has 1 aromatic rings. The third-order valence-electron chi connectivity index (χ3n) is 3.98. The Morgan fingerprint density at radius 2 is 1.94 bits per heavy atom. The first kappa shape index (κ1) is 12.6. The second-order valence-corrected chi connectivity index (χ2v) is 5.65. The topological polar surface area (TPSA) is 32.3 Å². The quantitative estimate of drug-likeness (QED) is 0.823. The van der Waals surface area contributed by atoms with Gasteiger partial charge in [0.25, 0.3) is 0 Å². The van der Waals surface area contributed by atoms with Crippen molar-refractivity contribution in [3.63, 3.8) is 0 Å². The Bertz CT molecular complexity index is 369. The molecule has 0 bridgehead atoms. The highest BCUT2D eigenvalue weighted by Gasteiger charge is 2.35. The molecule has 2 N–H and O–H groups in total. The number of piperidine rings is 1. The second kappa shape index (κ2) is 4.79. The molecule has 1 heterocycles. The van der Waals surface area contributed by atoms with Crippen molar-refractivity contribution in [2.45, 2.75) is 45.3 Å². The van der Waals surface area contributed by atoms with Crippen LogP contribution < -0.4 is 5.32 Å². The van der Waals surface area contributed by atoms with E-state index in [0.717, 1.165) is 18.5 Å². The van der Waals surface area contributed by atoms with Gasteiger partial charge in [-0.05, 0) is 44.7 Å². The van der Waals surface area contributed by atoms with Gasteiger partial charge in [0.1, 0.15) is 5.60 Å². The predicted molar refractivity (Wildman–Crippen MR) is 70.9 cm³/mol. The fourth-order valence-electron chi connectivity index (χ4n) is 2.63. The van der Waals surface area contributed by atoms with Crippen molar-refractivity contribution < 1.29 is 5.11 Å². The summed E-state index contributed by atoms with van der Waals surface area (Å²) >= 11 is 0. The van der Waals surface area contributed by atoms with Gasteiger partial charge in [-0.25, -0.2) is 0 Å². The van der Waals surface area contributed by atoms with E-state index in [4.69, 9.17) is 0 Å². The zero-order chi connectivity index (χ0) is 12.5. The van der Waals surface area contributed by atoms with Crippen molar-refractivity contribution in [2.75, 3.05) is 6.54 Å². The molecule has 94 valence electrons. The lowest BCUT2D eigenvalue weighted by Crippen LogP contribution is -2.50. The maximum atomic E-state index is 10.8. The van der Waals surface area contributed by atoms with Gasteiger partial charge in [-0.1, -0.05) is 36.8 Å². The first-order chi connectivity index (χ1) is 8.00. The highest BCUT2D eigenvalue weighted by atomic mass is 16.3. The summed E-state index contributed by atoms with van der Waals surface area (Å²) in [6.45, 7) is 7.26. The summed E-state index contributed by atoms with van der Waals surface area (Å²) in [6.07, 6.45) is 2.25. The standard InChI is InChI=1S/C15H23NO/c1-11-4-6-13(7-5-11)15(3,17)14-10-12(2)8-9-16-14/h4-7,12,14,16-17H,8-10H2,1-3H3. The van der Waals surface area contributed by atoms with Crippen LogP contribution in [-0.2, 0) is 5.60 Å². The van der Waals surface area contributed by atoms with Gasteiger partial charge in [-0.2, -0.15) is 0 Å². The molecule has 2 nitrogen and oxygen atoms in total. The molecule has 2 heteroatoms. The van der Waals surface area contributed by atoms with E-state index in [1.807, 2.05) is 19.1 Å². The fraction of sp³-hybridized carbons (Fsp3) is 0.600. The van der Waals surface area contributed by atoms with Crippen LogP contribution in [0, 0.1) is 12.8 Å². The van der Waals surface area contributed by atoms with E-state index in [9.17, 15) is 5.11 Å². The van der Waals surface area contributed by atoms with Crippen LogP contribution in [-0.4, -0.2) is 17.7 Å². The molecule has 1 fully saturated rings. The van der Waals surface area contributed by atoms with Crippen molar-refractivity contribution >= 4 is 0 Å². The van der Waals surface area contributed by atoms with Gasteiger partial charge >= 0.3 is 0 Å². The molecule has 0 aliphatic carbocycles. The predicted octanol–water partition coefficient (Wildman–Crippen LogP) is 2.59. The third kappa shape index (κ3) is 2.70. The molecule has 0 radical (unpaired) electrons. The average Bonchev–Trinajstić information content (AvgIpc) is 2.29. The van der Waals surface area contributed by atoms with Crippen LogP contribution in [0.25, 0.3) is 0 Å². The van der Waals surface area contributed by atoms with Crippen LogP contribution in [0.5, 0.6) is 0 Å². The molecule has 3 atom stereocenters. The lowest BCUT2D eigenvalue weighted by Gasteiger charge is -2.39. The summed E-state index contributed by atoms with van der Waals surface area (Å²) in [4.78, 5) is 0. The van der Waals surface area contributed by atoms with Gasteiger partial charge in [0.15, 0.2) is 0 Å². The minimum absolute atomic E-state index is 0.161. The maximum absolute atomic E-state index is 10.8. The summed E-state index contributed by atoms with van der Waals surface area (Å²) in [7, 11) is 0. The summed E-state index contributed by atoms with van der Waals surface area (Å²) in [5.74, 6) is 0.693. The van der Waals surface area contributed by atoms with Crippen molar-refractivity contribution in [2.24, 2.45) is 5.92 Å². The Kier molecular flexibility index (Phi) is 3.55. The molecule has 1 saturated heterocycles. The number of aryl methyl sites for hydroxylation is 1. The van der Waals surface area contributed by atoms with E-state index in [0.29, 0.717) is 5.92 Å². The first-order valence-electron chi connectivity index (χ1n) is 6.53. The Morgan fingerprint density at radius 3 is 2.53 bits per heavy atom. The molecule has 0 amide bonds. The van der Waals surface area contributed by atoms with Gasteiger partial charge in [0.05, 0.1) is 0 Å². The van der Waals surface area contributed by atoms with E-state index in [1.165, 1.54) is 12.0 Å². The molecule has 1 aliphatic heterocycles. The first-order valence-corrected chi connectivity index (χ1v) is 6.53. The second-order valence-electron chi connectivity index (χ2n) is 5.65. The Morgan fingerprint density at radius 1 is 1.29 bits per heavy atom. The van der Waals surface area contributed by atoms with Gasteiger partial charge in [-0.3, -0.25) is 0 Å². The van der Waals surface area contributed by atoms with Crippen LogP contribution in [0.15, 0.2) is 24.3 Å². The van der Waals surface area contributed by atoms with Crippen LogP contribution >= 0.6 is 0 Å². The zero-order valence-electron chi connectivity index (χ0n) is 11.0. The summed E-state index contributed by atoms with van der Waals surface area (Å²) in [6, 6.07) is 8.37. The van der Waals surface area contributed by atoms with Crippen molar-refractivity contribution in [1.29, 1.82) is 0 Å². The molecule has 17 heavy (non-hydrogen) atoms. The molecule has 2 rings (SSSR count). The number of hydrogen-bond donors (Lipinski definition) is 2. The number of rotatable bonds is 2. The SMILES string of the molecule is Cc1ccc(C(C)(O)C2CC(C)CCN2)cc1. The normalized spacial score (nSPS) is 28.7. The van der Waals surface area contributed by atoms with Crippen molar-refractivity contribution in [3.05, 3.63) is 35.4 Å². The van der Waals surface area contributed by atoms with Crippen LogP contribution in [0.4, 0.5) is 0 Å². The average molecular weight is 233 g/mol.